The highest BCUT2D eigenvalue weighted by Gasteiger charge is 2.10. The molecule has 2 heterocycles. The summed E-state index contributed by atoms with van der Waals surface area (Å²) in [5.74, 6) is 1.64. The molecule has 17 heavy (non-hydrogen) atoms. The Bertz CT molecular complexity index is 389. The van der Waals surface area contributed by atoms with Gasteiger partial charge in [0.05, 0.1) is 12.3 Å². The number of nitrogens with one attached hydrogen (secondary N) is 1. The third-order valence-electron chi connectivity index (χ3n) is 2.16. The Balaban J connectivity index is 1.57. The molecule has 0 bridgehead atoms. The molecule has 0 atom stereocenters. The van der Waals surface area contributed by atoms with E-state index in [4.69, 9.17) is 0 Å². The fraction of sp³-hybridized carbons (Fsp3) is 0.455. The van der Waals surface area contributed by atoms with Crippen molar-refractivity contribution in [2.45, 2.75) is 6.42 Å². The van der Waals surface area contributed by atoms with E-state index in [2.05, 4.69) is 21.8 Å². The van der Waals surface area contributed by atoms with Gasteiger partial charge in [-0.15, -0.1) is 11.3 Å². The molecular weight excluding hydrogens is 272 g/mol. The van der Waals surface area contributed by atoms with Gasteiger partial charge in [0.25, 0.3) is 0 Å². The molecule has 0 radical (unpaired) electrons. The molecule has 6 heteroatoms. The smallest absolute Gasteiger partial charge is 0.230 e. The van der Waals surface area contributed by atoms with E-state index in [1.165, 1.54) is 4.88 Å². The lowest BCUT2D eigenvalue weighted by Gasteiger charge is -2.03. The van der Waals surface area contributed by atoms with Crippen LogP contribution in [0.2, 0.25) is 0 Å². The van der Waals surface area contributed by atoms with Crippen molar-refractivity contribution >= 4 is 45.1 Å². The van der Waals surface area contributed by atoms with Crippen LogP contribution >= 0.6 is 34.9 Å². The lowest BCUT2D eigenvalue weighted by Crippen LogP contribution is -2.27. The molecule has 0 fully saturated rings. The molecule has 0 aliphatic carbocycles. The molecule has 1 N–H and O–H groups in total. The molecule has 2 rings (SSSR count). The summed E-state index contributed by atoms with van der Waals surface area (Å²) >= 11 is 5.01. The molecule has 0 saturated carbocycles. The highest BCUT2D eigenvalue weighted by Crippen LogP contribution is 2.21. The summed E-state index contributed by atoms with van der Waals surface area (Å²) in [6.45, 7) is 1.62. The Morgan fingerprint density at radius 1 is 1.59 bits per heavy atom. The van der Waals surface area contributed by atoms with Gasteiger partial charge in [-0.3, -0.25) is 9.79 Å². The first-order valence-electron chi connectivity index (χ1n) is 5.44. The quantitative estimate of drug-likeness (QED) is 0.902. The summed E-state index contributed by atoms with van der Waals surface area (Å²) < 4.78 is 1.05. The van der Waals surface area contributed by atoms with E-state index < -0.39 is 0 Å². The third-order valence-corrected chi connectivity index (χ3v) is 5.35. The van der Waals surface area contributed by atoms with Gasteiger partial charge >= 0.3 is 0 Å². The zero-order valence-corrected chi connectivity index (χ0v) is 11.8. The predicted molar refractivity (Wildman–Crippen MR) is 78.3 cm³/mol. The average molecular weight is 286 g/mol. The van der Waals surface area contributed by atoms with Gasteiger partial charge in [0.2, 0.25) is 5.91 Å². The van der Waals surface area contributed by atoms with Crippen molar-refractivity contribution in [3.8, 4) is 0 Å². The zero-order valence-electron chi connectivity index (χ0n) is 9.35. The van der Waals surface area contributed by atoms with Crippen LogP contribution in [0.15, 0.2) is 22.5 Å². The van der Waals surface area contributed by atoms with Gasteiger partial charge in [-0.2, -0.15) is 0 Å². The molecule has 1 aliphatic heterocycles. The van der Waals surface area contributed by atoms with E-state index in [9.17, 15) is 4.79 Å². The molecule has 1 aliphatic rings. The van der Waals surface area contributed by atoms with Crippen molar-refractivity contribution in [1.29, 1.82) is 0 Å². The molecule has 0 unspecified atom stereocenters. The van der Waals surface area contributed by atoms with Crippen molar-refractivity contribution in [3.63, 3.8) is 0 Å². The monoisotopic (exact) mass is 286 g/mol. The fourth-order valence-electron chi connectivity index (χ4n) is 1.36. The molecule has 0 aromatic carbocycles. The highest BCUT2D eigenvalue weighted by molar-refractivity contribution is 8.39. The summed E-state index contributed by atoms with van der Waals surface area (Å²) in [6.07, 6.45) is 0.920. The number of thioether (sulfide) groups is 2. The first kappa shape index (κ1) is 13.0. The van der Waals surface area contributed by atoms with Crippen LogP contribution in [0.25, 0.3) is 0 Å². The Morgan fingerprint density at radius 2 is 2.53 bits per heavy atom. The molecule has 1 aromatic rings. The molecule has 0 saturated heterocycles. The van der Waals surface area contributed by atoms with Crippen LogP contribution in [0.4, 0.5) is 0 Å². The molecule has 0 spiro atoms. The SMILES string of the molecule is O=C(CSC1=NCCS1)NCCc1cccs1. The van der Waals surface area contributed by atoms with Gasteiger partial charge < -0.3 is 5.32 Å². The molecule has 1 amide bonds. The minimum absolute atomic E-state index is 0.0988. The average Bonchev–Trinajstić information content (AvgIpc) is 2.99. The van der Waals surface area contributed by atoms with E-state index in [0.717, 1.165) is 29.6 Å². The van der Waals surface area contributed by atoms with Crippen LogP contribution in [0.5, 0.6) is 0 Å². The largest absolute Gasteiger partial charge is 0.355 e. The van der Waals surface area contributed by atoms with Crippen LogP contribution in [-0.2, 0) is 11.2 Å². The summed E-state index contributed by atoms with van der Waals surface area (Å²) in [4.78, 5) is 17.1. The normalized spacial score (nSPS) is 14.7. The van der Waals surface area contributed by atoms with Crippen molar-refractivity contribution in [2.75, 3.05) is 24.6 Å². The number of carbonyl (C=O) groups excluding carboxylic acids is 1. The Kier molecular flexibility index (Phi) is 5.41. The van der Waals surface area contributed by atoms with Crippen LogP contribution < -0.4 is 5.32 Å². The lowest BCUT2D eigenvalue weighted by molar-refractivity contribution is -0.118. The number of carbonyl (C=O) groups is 1. The third kappa shape index (κ3) is 4.73. The van der Waals surface area contributed by atoms with E-state index in [0.29, 0.717) is 5.75 Å². The molecule has 92 valence electrons. The maximum atomic E-state index is 11.5. The number of nitrogens with zero attached hydrogens (tertiary/aromatic N) is 1. The number of aliphatic imine (C=N–C) groups is 1. The summed E-state index contributed by atoms with van der Waals surface area (Å²) in [6, 6.07) is 4.13. The lowest BCUT2D eigenvalue weighted by atomic mass is 10.3. The second kappa shape index (κ2) is 7.08. The number of hydrogen-bond acceptors (Lipinski definition) is 5. The van der Waals surface area contributed by atoms with Crippen molar-refractivity contribution in [3.05, 3.63) is 22.4 Å². The fourth-order valence-corrected chi connectivity index (χ4v) is 3.91. The minimum atomic E-state index is 0.0988. The topological polar surface area (TPSA) is 41.5 Å². The van der Waals surface area contributed by atoms with E-state index in [-0.39, 0.29) is 5.91 Å². The van der Waals surface area contributed by atoms with Crippen LogP contribution in [-0.4, -0.2) is 34.9 Å². The first-order chi connectivity index (χ1) is 8.34. The van der Waals surface area contributed by atoms with E-state index in [1.807, 2.05) is 6.07 Å². The number of hydrogen-bond donors (Lipinski definition) is 1. The summed E-state index contributed by atoms with van der Waals surface area (Å²) in [5.41, 5.74) is 0. The van der Waals surface area contributed by atoms with Gasteiger partial charge in [-0.05, 0) is 17.9 Å². The second-order valence-corrected chi connectivity index (χ2v) is 6.80. The highest BCUT2D eigenvalue weighted by atomic mass is 32.2. The van der Waals surface area contributed by atoms with Gasteiger partial charge in [-0.1, -0.05) is 29.6 Å². The van der Waals surface area contributed by atoms with Gasteiger partial charge in [0, 0.05) is 17.2 Å². The van der Waals surface area contributed by atoms with Crippen molar-refractivity contribution in [1.82, 2.24) is 5.32 Å². The standard InChI is InChI=1S/C11H14N2OS3/c14-10(8-17-11-13-5-7-16-11)12-4-3-9-2-1-6-15-9/h1-2,6H,3-5,7-8H2,(H,12,14). The second-order valence-electron chi connectivity index (χ2n) is 3.46. The first-order valence-corrected chi connectivity index (χ1v) is 8.29. The molecular formula is C11H14N2OS3. The van der Waals surface area contributed by atoms with Crippen molar-refractivity contribution in [2.24, 2.45) is 4.99 Å². The molecule has 3 nitrogen and oxygen atoms in total. The summed E-state index contributed by atoms with van der Waals surface area (Å²) in [7, 11) is 0. The Labute approximate surface area is 113 Å². The minimum Gasteiger partial charge on any atom is -0.355 e. The number of rotatable bonds is 5. The number of thiophene rings is 1. The van der Waals surface area contributed by atoms with E-state index in [1.54, 1.807) is 34.9 Å². The summed E-state index contributed by atoms with van der Waals surface area (Å²) in [5, 5.41) is 4.99. The maximum absolute atomic E-state index is 11.5. The Morgan fingerprint density at radius 3 is 3.24 bits per heavy atom. The number of amides is 1. The van der Waals surface area contributed by atoms with E-state index >= 15 is 0 Å². The van der Waals surface area contributed by atoms with Crippen LogP contribution in [0.1, 0.15) is 4.88 Å². The predicted octanol–water partition coefficient (Wildman–Crippen LogP) is 2.24. The van der Waals surface area contributed by atoms with Gasteiger partial charge in [0.15, 0.2) is 0 Å². The Hall–Kier alpha value is -0.460. The zero-order chi connectivity index (χ0) is 11.9. The van der Waals surface area contributed by atoms with Crippen LogP contribution in [0, 0.1) is 0 Å². The maximum Gasteiger partial charge on any atom is 0.230 e. The van der Waals surface area contributed by atoms with Crippen LogP contribution in [0.3, 0.4) is 0 Å². The van der Waals surface area contributed by atoms with Gasteiger partial charge in [0.1, 0.15) is 4.38 Å². The molecule has 1 aromatic heterocycles. The van der Waals surface area contributed by atoms with Crippen molar-refractivity contribution < 1.29 is 4.79 Å². The van der Waals surface area contributed by atoms with Gasteiger partial charge in [-0.25, -0.2) is 0 Å².